The van der Waals surface area contributed by atoms with Crippen molar-refractivity contribution in [1.29, 1.82) is 0 Å². The second kappa shape index (κ2) is 14.1. The lowest BCUT2D eigenvalue weighted by Crippen LogP contribution is -2.19. The zero-order valence-electron chi connectivity index (χ0n) is 16.3. The summed E-state index contributed by atoms with van der Waals surface area (Å²) in [6.45, 7) is 6.03. The highest BCUT2D eigenvalue weighted by molar-refractivity contribution is 5.90. The average molecular weight is 459 g/mol. The van der Waals surface area contributed by atoms with Crippen LogP contribution < -0.4 is 10.8 Å². The van der Waals surface area contributed by atoms with Gasteiger partial charge in [-0.3, -0.25) is 9.82 Å². The van der Waals surface area contributed by atoms with Gasteiger partial charge in [-0.25, -0.2) is 15.4 Å². The molecule has 0 unspecified atom stereocenters. The van der Waals surface area contributed by atoms with Crippen LogP contribution in [-0.4, -0.2) is 34.6 Å². The summed E-state index contributed by atoms with van der Waals surface area (Å²) in [5.41, 5.74) is 5.78. The summed E-state index contributed by atoms with van der Waals surface area (Å²) >= 11 is 0. The molecule has 3 aromatic rings. The SMILES string of the molecule is CCNOCCNc1nc(/C=C/c2ccccn2)nc2ccc(C)cc12.Cl.Cl.Cl. The van der Waals surface area contributed by atoms with Crippen molar-refractivity contribution in [1.82, 2.24) is 20.4 Å². The van der Waals surface area contributed by atoms with Gasteiger partial charge in [-0.2, -0.15) is 0 Å². The maximum atomic E-state index is 5.30. The molecule has 3 rings (SSSR count). The van der Waals surface area contributed by atoms with Crippen molar-refractivity contribution in [2.75, 3.05) is 25.0 Å². The Bertz CT molecular complexity index is 894. The van der Waals surface area contributed by atoms with E-state index in [4.69, 9.17) is 4.84 Å². The fraction of sp³-hybridized carbons (Fsp3) is 0.250. The first-order valence-electron chi connectivity index (χ1n) is 8.72. The molecule has 0 aliphatic carbocycles. The molecule has 0 atom stereocenters. The number of hydrogen-bond acceptors (Lipinski definition) is 6. The summed E-state index contributed by atoms with van der Waals surface area (Å²) in [6.07, 6.45) is 5.55. The van der Waals surface area contributed by atoms with Crippen molar-refractivity contribution in [3.8, 4) is 0 Å². The molecule has 2 heterocycles. The topological polar surface area (TPSA) is 72.0 Å². The first-order chi connectivity index (χ1) is 12.8. The number of nitrogens with one attached hydrogen (secondary N) is 2. The molecule has 0 radical (unpaired) electrons. The molecular weight excluding hydrogens is 433 g/mol. The van der Waals surface area contributed by atoms with Crippen LogP contribution in [0.2, 0.25) is 0 Å². The van der Waals surface area contributed by atoms with Crippen molar-refractivity contribution >= 4 is 66.1 Å². The molecule has 0 spiro atoms. The number of benzene rings is 1. The Morgan fingerprint density at radius 3 is 2.59 bits per heavy atom. The molecule has 0 bridgehead atoms. The van der Waals surface area contributed by atoms with E-state index in [0.717, 1.165) is 29.0 Å². The molecule has 9 heteroatoms. The minimum absolute atomic E-state index is 0. The maximum absolute atomic E-state index is 5.30. The van der Waals surface area contributed by atoms with Gasteiger partial charge in [-0.05, 0) is 43.3 Å². The van der Waals surface area contributed by atoms with Gasteiger partial charge in [0.25, 0.3) is 0 Å². The smallest absolute Gasteiger partial charge is 0.155 e. The molecule has 0 fully saturated rings. The molecular formula is C20H26Cl3N5O. The van der Waals surface area contributed by atoms with Crippen LogP contribution in [0, 0.1) is 6.92 Å². The van der Waals surface area contributed by atoms with E-state index in [1.54, 1.807) is 6.20 Å². The van der Waals surface area contributed by atoms with E-state index in [0.29, 0.717) is 19.0 Å². The fourth-order valence-corrected chi connectivity index (χ4v) is 2.50. The monoisotopic (exact) mass is 457 g/mol. The van der Waals surface area contributed by atoms with E-state index < -0.39 is 0 Å². The third kappa shape index (κ3) is 8.12. The summed E-state index contributed by atoms with van der Waals surface area (Å²) in [4.78, 5) is 18.9. The molecule has 0 saturated heterocycles. The van der Waals surface area contributed by atoms with Crippen molar-refractivity contribution in [3.63, 3.8) is 0 Å². The number of hydrogen-bond donors (Lipinski definition) is 2. The molecule has 0 saturated carbocycles. The molecule has 2 aromatic heterocycles. The van der Waals surface area contributed by atoms with E-state index in [-0.39, 0.29) is 37.2 Å². The lowest BCUT2D eigenvalue weighted by atomic mass is 10.1. The second-order valence-electron chi connectivity index (χ2n) is 5.81. The van der Waals surface area contributed by atoms with Gasteiger partial charge in [-0.1, -0.05) is 24.6 Å². The van der Waals surface area contributed by atoms with Gasteiger partial charge >= 0.3 is 0 Å². The van der Waals surface area contributed by atoms with Crippen LogP contribution >= 0.6 is 37.2 Å². The van der Waals surface area contributed by atoms with E-state index in [1.165, 1.54) is 5.56 Å². The number of aromatic nitrogens is 3. The minimum Gasteiger partial charge on any atom is -0.367 e. The van der Waals surface area contributed by atoms with Crippen LogP contribution in [-0.2, 0) is 4.84 Å². The van der Waals surface area contributed by atoms with Crippen LogP contribution in [0.5, 0.6) is 0 Å². The maximum Gasteiger partial charge on any atom is 0.155 e. The molecule has 6 nitrogen and oxygen atoms in total. The Morgan fingerprint density at radius 1 is 1.03 bits per heavy atom. The number of halogens is 3. The van der Waals surface area contributed by atoms with Crippen molar-refractivity contribution in [3.05, 3.63) is 59.7 Å². The lowest BCUT2D eigenvalue weighted by Gasteiger charge is -2.10. The van der Waals surface area contributed by atoms with Gasteiger partial charge in [0.1, 0.15) is 5.82 Å². The summed E-state index contributed by atoms with van der Waals surface area (Å²) in [5, 5.41) is 4.35. The van der Waals surface area contributed by atoms with Crippen LogP contribution in [0.4, 0.5) is 5.82 Å². The first-order valence-corrected chi connectivity index (χ1v) is 8.72. The zero-order chi connectivity index (χ0) is 18.2. The molecule has 0 amide bonds. The molecule has 158 valence electrons. The molecule has 2 N–H and O–H groups in total. The molecule has 29 heavy (non-hydrogen) atoms. The average Bonchev–Trinajstić information content (AvgIpc) is 2.67. The number of pyridine rings is 1. The summed E-state index contributed by atoms with van der Waals surface area (Å²) < 4.78 is 0. The Morgan fingerprint density at radius 2 is 1.86 bits per heavy atom. The second-order valence-corrected chi connectivity index (χ2v) is 5.81. The summed E-state index contributed by atoms with van der Waals surface area (Å²) in [6, 6.07) is 12.0. The van der Waals surface area contributed by atoms with Crippen molar-refractivity contribution in [2.45, 2.75) is 13.8 Å². The summed E-state index contributed by atoms with van der Waals surface area (Å²) in [5.74, 6) is 1.45. The minimum atomic E-state index is 0. The van der Waals surface area contributed by atoms with Crippen molar-refractivity contribution in [2.24, 2.45) is 0 Å². The standard InChI is InChI=1S/C20H23N5O.3ClH/c1-3-23-26-13-12-22-20-17-14-15(2)7-9-18(17)24-19(25-20)10-8-16-6-4-5-11-21-16;;;/h4-11,14,23H,3,12-13H2,1-2H3,(H,22,24,25);3*1H/b10-8+;;;. The third-order valence-electron chi connectivity index (χ3n) is 3.70. The van der Waals surface area contributed by atoms with E-state index in [1.807, 2.05) is 43.3 Å². The number of aryl methyl sites for hydroxylation is 1. The van der Waals surface area contributed by atoms with E-state index >= 15 is 0 Å². The van der Waals surface area contributed by atoms with Crippen LogP contribution in [0.15, 0.2) is 42.6 Å². The predicted molar refractivity (Wildman–Crippen MR) is 127 cm³/mol. The van der Waals surface area contributed by atoms with Crippen LogP contribution in [0.3, 0.4) is 0 Å². The number of nitrogens with zero attached hydrogens (tertiary/aromatic N) is 3. The van der Waals surface area contributed by atoms with Gasteiger partial charge in [-0.15, -0.1) is 37.2 Å². The highest BCUT2D eigenvalue weighted by Crippen LogP contribution is 2.22. The number of fused-ring (bicyclic) bond motifs is 1. The molecule has 0 aliphatic heterocycles. The van der Waals surface area contributed by atoms with Gasteiger partial charge in [0.2, 0.25) is 0 Å². The Balaban J connectivity index is 0.00000261. The normalized spacial score (nSPS) is 10.1. The van der Waals surface area contributed by atoms with E-state index in [9.17, 15) is 0 Å². The van der Waals surface area contributed by atoms with Crippen LogP contribution in [0.25, 0.3) is 23.1 Å². The van der Waals surface area contributed by atoms with Crippen LogP contribution in [0.1, 0.15) is 24.0 Å². The first kappa shape index (κ1) is 27.0. The number of anilines is 1. The van der Waals surface area contributed by atoms with E-state index in [2.05, 4.69) is 44.8 Å². The Labute approximate surface area is 189 Å². The molecule has 0 aliphatic rings. The third-order valence-corrected chi connectivity index (χ3v) is 3.70. The predicted octanol–water partition coefficient (Wildman–Crippen LogP) is 4.72. The van der Waals surface area contributed by atoms with Gasteiger partial charge < -0.3 is 5.32 Å². The highest BCUT2D eigenvalue weighted by Gasteiger charge is 2.07. The fourth-order valence-electron chi connectivity index (χ4n) is 2.50. The lowest BCUT2D eigenvalue weighted by molar-refractivity contribution is 0.0521. The number of rotatable bonds is 8. The molecule has 1 aromatic carbocycles. The van der Waals surface area contributed by atoms with Gasteiger partial charge in [0.15, 0.2) is 5.82 Å². The number of hydroxylamine groups is 1. The Hall–Kier alpha value is -1.96. The van der Waals surface area contributed by atoms with Crippen molar-refractivity contribution < 1.29 is 4.84 Å². The largest absolute Gasteiger partial charge is 0.367 e. The van der Waals surface area contributed by atoms with Gasteiger partial charge in [0.05, 0.1) is 17.8 Å². The Kier molecular flexibility index (Phi) is 13.1. The summed E-state index contributed by atoms with van der Waals surface area (Å²) in [7, 11) is 0. The quantitative estimate of drug-likeness (QED) is 0.376. The zero-order valence-corrected chi connectivity index (χ0v) is 18.7. The highest BCUT2D eigenvalue weighted by atomic mass is 35.5. The van der Waals surface area contributed by atoms with Gasteiger partial charge in [0, 0.05) is 24.7 Å².